The van der Waals surface area contributed by atoms with Crippen molar-refractivity contribution in [2.45, 2.75) is 221 Å². The van der Waals surface area contributed by atoms with E-state index in [0.29, 0.717) is 138 Å². The van der Waals surface area contributed by atoms with E-state index in [4.69, 9.17) is 55.2 Å². The van der Waals surface area contributed by atoms with Crippen molar-refractivity contribution >= 4 is 151 Å². The van der Waals surface area contributed by atoms with Gasteiger partial charge < -0.3 is 100 Å². The van der Waals surface area contributed by atoms with E-state index in [0.717, 1.165) is 62.9 Å². The minimum Gasteiger partial charge on any atom is -0.479 e. The summed E-state index contributed by atoms with van der Waals surface area (Å²) in [5, 5.41) is 99.8. The molecule has 0 amide bonds. The van der Waals surface area contributed by atoms with Gasteiger partial charge in [0.05, 0.1) is 82.5 Å². The molecule has 15 N–H and O–H groups in total. The Morgan fingerprint density at radius 1 is 0.406 bits per heavy atom. The van der Waals surface area contributed by atoms with Crippen LogP contribution in [0.5, 0.6) is 17.6 Å². The van der Waals surface area contributed by atoms with Crippen LogP contribution in [0.2, 0.25) is 0 Å². The van der Waals surface area contributed by atoms with E-state index in [1.54, 1.807) is 33.9 Å². The maximum atomic E-state index is 12.3. The maximum absolute atomic E-state index is 12.3. The standard InChI is InChI=1S/C18H30N5O4P.C17H26ClN4O3P.2C17H28N5O4P.C16H25N4O4P/c1-5-6-8-19-18-21-15-12(16(26)22-18)20-10-23(15)17-14(25)13(24)11(27-17)7-9-28(2,3)4;1-6-24-16-13-15(20-10(2)21-16)22(9-19-13)17-12(18)14(23)11(25-17)7-8-26(3,4)5;1-5-7-25-15-11-14(20-17(18)21-15)22(9-19-11)16-13(24)12(23)10(26-16)6-8-27(2,3)4;1-5-7-18-17-20-14-11(15(25)21-17)19-9-22(14)16-13(24)12(23)10(26-16)6-8-27(2,3)4;1-9-18-14-11(15(19-9)23-2)17-8-20(14)16-13(22)12(21)10(24-16)6-7-25(3,4)5/h10-11,13-14,17,24-25H,2,5-9H2,1,3-4H3,(H2,19,21,22,26);9,11-12,14,17,23H,3,6-8H2,1-2,4-5H3;9-10,12-13,16,23-24H,2,5-8H2,1,3-4H3,(H2,18,20,21);9-10,12-13,16,23-24H,2,5-8H2,1,3-4H3,(H2,18,20,21,25);8,10,12-13,16,21-22H,3,6-7H2,1-2,4-5H3/t11-,13-,14-,17?;11-,12-,14-,17?;3*10-,12-,13-,16?/m11111/s1. The minimum absolute atomic E-state index is 0.0449. The highest BCUT2D eigenvalue weighted by molar-refractivity contribution is 7.73. The lowest BCUT2D eigenvalue weighted by Crippen LogP contribution is -2.32. The highest BCUT2D eigenvalue weighted by Gasteiger charge is 2.50. The number of fused-ring (bicyclic) bond motifs is 5. The van der Waals surface area contributed by atoms with Crippen LogP contribution in [-0.2, 0) is 23.7 Å². The molecule has 0 aliphatic carbocycles. The molecule has 0 spiro atoms. The number of unbranched alkanes of at least 4 members (excludes halogenated alkanes) is 1. The zero-order chi connectivity index (χ0) is 97.4. The molecule has 5 saturated heterocycles. The average molecular weight is 1980 g/mol. The molecule has 5 unspecified atom stereocenters. The lowest BCUT2D eigenvalue weighted by molar-refractivity contribution is -0.0353. The van der Waals surface area contributed by atoms with Gasteiger partial charge in [-0.15, -0.1) is 77.5 Å². The Hall–Kier alpha value is -7.62. The van der Waals surface area contributed by atoms with Gasteiger partial charge in [-0.3, -0.25) is 42.4 Å². The summed E-state index contributed by atoms with van der Waals surface area (Å²) < 4.78 is 54.3. The van der Waals surface area contributed by atoms with Crippen LogP contribution in [0.1, 0.15) is 128 Å². The number of H-pyrrole nitrogens is 2. The summed E-state index contributed by atoms with van der Waals surface area (Å²) >= 11 is 6.50. The number of aromatic nitrogens is 20. The molecule has 0 saturated carbocycles. The SMILES string of the molecule is C=P(C)(C)CC[C@H]1OC(n2cnc3c(=O)[nH]c(NCCC)nc32)[C@H](O)[C@@H]1O.C=P(C)(C)CC[C@H]1OC(n2cnc3c(=O)[nH]c(NCCCC)nc32)[C@H](O)[C@@H]1O.C=P(C)(C)CC[C@H]1OC(n2cnc3c(OC)nc(C)nc32)[C@H](O)[C@@H]1O.C=P(C)(C)CC[C@H]1OC(n2cnc3c(OCC)nc(C)nc32)[C@H](Cl)[C@@H]1O.C=P(C)(C)CC[C@H]1OC(n2cnc3c(OCCC)nc(N)nc32)[C@H](O)[C@@H]1O. The van der Waals surface area contributed by atoms with Crippen LogP contribution in [0, 0.1) is 13.8 Å². The van der Waals surface area contributed by atoms with Crippen molar-refractivity contribution in [3.8, 4) is 17.6 Å². The first-order chi connectivity index (χ1) is 62.5. The first-order valence-electron chi connectivity index (χ1n) is 44.6. The molecule has 10 aromatic heterocycles. The van der Waals surface area contributed by atoms with Crippen molar-refractivity contribution < 1.29 is 83.9 Å². The number of rotatable bonds is 33. The molecule has 15 rings (SSSR count). The molecule has 738 valence electrons. The quantitative estimate of drug-likeness (QED) is 0.0128. The molecule has 0 aromatic carbocycles. The summed E-state index contributed by atoms with van der Waals surface area (Å²) in [6.45, 7) is 29.0. The van der Waals surface area contributed by atoms with Crippen LogP contribution < -0.4 is 41.7 Å². The molecular formula is C85H137ClN23O19P5. The van der Waals surface area contributed by atoms with Crippen molar-refractivity contribution in [3.05, 3.63) is 64.0 Å². The molecule has 42 nitrogen and oxygen atoms in total. The predicted octanol–water partition coefficient (Wildman–Crippen LogP) is 5.99. The molecule has 5 aliphatic heterocycles. The minimum atomic E-state index is -1.27. The van der Waals surface area contributed by atoms with Gasteiger partial charge in [-0.1, -0.05) is 27.2 Å². The lowest BCUT2D eigenvalue weighted by atomic mass is 10.1. The molecule has 20 atom stereocenters. The molecule has 15 heterocycles. The van der Waals surface area contributed by atoms with Crippen molar-refractivity contribution in [1.82, 2.24) is 97.6 Å². The van der Waals surface area contributed by atoms with Crippen LogP contribution in [0.3, 0.4) is 0 Å². The van der Waals surface area contributed by atoms with E-state index in [-0.39, 0.29) is 34.2 Å². The largest absolute Gasteiger partial charge is 0.479 e. The molecule has 5 aliphatic rings. The second-order valence-electron chi connectivity index (χ2n) is 37.6. The number of imidazole rings is 5. The van der Waals surface area contributed by atoms with E-state index in [9.17, 15) is 55.5 Å². The number of hydrogen-bond donors (Lipinski definition) is 14. The fourth-order valence-corrected chi connectivity index (χ4v) is 20.6. The van der Waals surface area contributed by atoms with Crippen LogP contribution in [0.4, 0.5) is 17.8 Å². The number of nitrogen functional groups attached to an aromatic ring is 1. The van der Waals surface area contributed by atoms with Crippen LogP contribution in [0.15, 0.2) is 41.2 Å². The number of halogens is 1. The fourth-order valence-electron chi connectivity index (χ4n) is 15.5. The van der Waals surface area contributed by atoms with Gasteiger partial charge in [-0.05, 0) is 170 Å². The van der Waals surface area contributed by atoms with Gasteiger partial charge in [0.1, 0.15) is 72.0 Å². The number of methoxy groups -OCH3 is 1. The summed E-state index contributed by atoms with van der Waals surface area (Å²) in [4.78, 5) is 85.6. The molecule has 10 aromatic rings. The van der Waals surface area contributed by atoms with Gasteiger partial charge in [-0.2, -0.15) is 29.9 Å². The normalized spacial score (nSPS) is 26.2. The van der Waals surface area contributed by atoms with Gasteiger partial charge in [0.15, 0.2) is 87.0 Å². The van der Waals surface area contributed by atoms with Crippen molar-refractivity contribution in [1.29, 1.82) is 0 Å². The van der Waals surface area contributed by atoms with Gasteiger partial charge in [0.2, 0.25) is 35.5 Å². The van der Waals surface area contributed by atoms with E-state index in [2.05, 4.69) is 190 Å². The molecule has 133 heavy (non-hydrogen) atoms. The second kappa shape index (κ2) is 44.9. The number of aryl methyl sites for hydroxylation is 2. The van der Waals surface area contributed by atoms with E-state index in [1.807, 2.05) is 20.8 Å². The zero-order valence-corrected chi connectivity index (χ0v) is 84.3. The summed E-state index contributed by atoms with van der Waals surface area (Å²) in [5.74, 6) is 2.94. The van der Waals surface area contributed by atoms with Crippen LogP contribution in [-0.4, -0.2) is 397 Å². The Labute approximate surface area is 778 Å². The Morgan fingerprint density at radius 3 is 1.05 bits per heavy atom. The Morgan fingerprint density at radius 2 is 0.714 bits per heavy atom. The molecule has 5 fully saturated rings. The number of nitrogens with one attached hydrogen (secondary N) is 4. The highest BCUT2D eigenvalue weighted by Crippen LogP contribution is 2.47. The first kappa shape index (κ1) is 106. The number of aliphatic hydroxyl groups is 9. The van der Waals surface area contributed by atoms with E-state index in [1.165, 1.54) is 41.6 Å². The molecule has 0 radical (unpaired) electrons. The fraction of sp³-hybridized carbons (Fsp3) is 0.647. The summed E-state index contributed by atoms with van der Waals surface area (Å²) in [7, 11) is 1.52. The lowest BCUT2D eigenvalue weighted by Gasteiger charge is -2.19. The van der Waals surface area contributed by atoms with Crippen LogP contribution >= 0.6 is 46.0 Å². The van der Waals surface area contributed by atoms with Crippen LogP contribution in [0.25, 0.3) is 55.8 Å². The number of anilines is 3. The molecule has 48 heteroatoms. The van der Waals surface area contributed by atoms with Crippen molar-refractivity contribution in [2.24, 2.45) is 0 Å². The van der Waals surface area contributed by atoms with E-state index >= 15 is 0 Å². The Kier molecular flexibility index (Phi) is 35.7. The topological polar surface area (TPSA) is 564 Å². The summed E-state index contributed by atoms with van der Waals surface area (Å²) in [6.07, 6.45) is 24.5. The summed E-state index contributed by atoms with van der Waals surface area (Å²) in [6, 6.07) is 0. The summed E-state index contributed by atoms with van der Waals surface area (Å²) in [5.41, 5.74) is 9.01. The van der Waals surface area contributed by atoms with E-state index < -0.39 is 150 Å². The average Bonchev–Trinajstić information content (AvgIpc) is 1.64. The number of aromatic amines is 2. The third kappa shape index (κ3) is 26.5. The van der Waals surface area contributed by atoms with Gasteiger partial charge in [-0.25, -0.2) is 34.9 Å². The smallest absolute Gasteiger partial charge is 0.280 e. The van der Waals surface area contributed by atoms with Crippen molar-refractivity contribution in [2.75, 3.05) is 147 Å². The number of hydrogen-bond acceptors (Lipinski definition) is 35. The van der Waals surface area contributed by atoms with Crippen molar-refractivity contribution in [3.63, 3.8) is 0 Å². The van der Waals surface area contributed by atoms with Gasteiger partial charge >= 0.3 is 0 Å². The maximum Gasteiger partial charge on any atom is 0.280 e. The van der Waals surface area contributed by atoms with Gasteiger partial charge in [0.25, 0.3) is 11.1 Å². The third-order valence-electron chi connectivity index (χ3n) is 22.7. The Balaban J connectivity index is 0.000000160. The number of nitrogens with two attached hydrogens (primary N) is 1. The number of ether oxygens (including phenoxy) is 8. The monoisotopic (exact) mass is 1970 g/mol. The first-order valence-corrected chi connectivity index (χ1v) is 60.3. The molecular weight excluding hydrogens is 1840 g/mol. The van der Waals surface area contributed by atoms with Gasteiger partial charge in [0, 0.05) is 13.1 Å². The molecule has 0 bridgehead atoms. The number of alkyl halides is 1. The second-order valence-corrected chi connectivity index (χ2v) is 59.7. The number of aliphatic hydroxyl groups excluding tert-OH is 9. The third-order valence-corrected chi connectivity index (χ3v) is 30.5. The number of nitrogens with zero attached hydrogens (tertiary/aromatic N) is 18. The zero-order valence-electron chi connectivity index (χ0n) is 79.0. The Bertz CT molecular complexity index is 5990. The predicted molar refractivity (Wildman–Crippen MR) is 532 cm³/mol. The highest BCUT2D eigenvalue weighted by atomic mass is 35.5.